The summed E-state index contributed by atoms with van der Waals surface area (Å²) in [4.78, 5) is 11.1. The lowest BCUT2D eigenvalue weighted by Crippen LogP contribution is -2.34. The van der Waals surface area contributed by atoms with Crippen LogP contribution in [0.25, 0.3) is 5.57 Å². The average molecular weight is 236 g/mol. The minimum Gasteiger partial charge on any atom is -0.284 e. The van der Waals surface area contributed by atoms with Crippen LogP contribution in [0.5, 0.6) is 0 Å². The zero-order valence-corrected chi connectivity index (χ0v) is 8.64. The average Bonchev–Trinajstić information content (AvgIpc) is 2.67. The molecule has 0 amide bonds. The molecule has 0 heterocycles. The van der Waals surface area contributed by atoms with Crippen LogP contribution in [0.15, 0.2) is 41.7 Å². The van der Waals surface area contributed by atoms with E-state index >= 15 is 0 Å². The number of Topliss-reactive ketones (excluding diaryl/α,β-unsaturated/α-hetero) is 1. The van der Waals surface area contributed by atoms with Gasteiger partial charge in [-0.05, 0) is 22.8 Å². The van der Waals surface area contributed by atoms with Crippen LogP contribution in [-0.2, 0) is 11.2 Å². The molecular weight excluding hydrogens is 229 g/mol. The third kappa shape index (κ3) is 1.24. The Balaban J connectivity index is 2.25. The molecule has 0 spiro atoms. The molecule has 0 unspecified atom stereocenters. The van der Waals surface area contributed by atoms with Crippen molar-refractivity contribution in [1.82, 2.24) is 0 Å². The highest BCUT2D eigenvalue weighted by atomic mass is 19.3. The minimum absolute atomic E-state index is 0.00796. The molecule has 0 saturated carbocycles. The second kappa shape index (κ2) is 3.09. The lowest BCUT2D eigenvalue weighted by atomic mass is 9.93. The molecular formula is C13H7F3O. The first kappa shape index (κ1) is 10.3. The second-order valence-corrected chi connectivity index (χ2v) is 4.12. The fourth-order valence-electron chi connectivity index (χ4n) is 2.31. The fraction of sp³-hybridized carbons (Fsp3) is 0.154. The van der Waals surface area contributed by atoms with Crippen molar-refractivity contribution in [1.29, 1.82) is 0 Å². The molecule has 0 aromatic heterocycles. The van der Waals surface area contributed by atoms with E-state index in [1.165, 1.54) is 0 Å². The molecule has 2 aliphatic carbocycles. The SMILES string of the molecule is O=C1C(F)=CC2=C(Cc3ccccc32)C1(F)F. The van der Waals surface area contributed by atoms with E-state index < -0.39 is 17.5 Å². The molecule has 1 aromatic carbocycles. The highest BCUT2D eigenvalue weighted by Crippen LogP contribution is 2.46. The Bertz CT molecular complexity index is 596. The summed E-state index contributed by atoms with van der Waals surface area (Å²) >= 11 is 0. The number of hydrogen-bond donors (Lipinski definition) is 0. The van der Waals surface area contributed by atoms with Crippen molar-refractivity contribution in [3.8, 4) is 0 Å². The third-order valence-electron chi connectivity index (χ3n) is 3.15. The number of alkyl halides is 2. The lowest BCUT2D eigenvalue weighted by molar-refractivity contribution is -0.135. The van der Waals surface area contributed by atoms with Crippen LogP contribution >= 0.6 is 0 Å². The van der Waals surface area contributed by atoms with Crippen LogP contribution in [0.3, 0.4) is 0 Å². The maximum atomic E-state index is 13.7. The molecule has 0 N–H and O–H groups in total. The summed E-state index contributed by atoms with van der Waals surface area (Å²) in [7, 11) is 0. The Labute approximate surface area is 95.3 Å². The van der Waals surface area contributed by atoms with Gasteiger partial charge in [0.2, 0.25) is 0 Å². The van der Waals surface area contributed by atoms with E-state index in [9.17, 15) is 18.0 Å². The summed E-state index contributed by atoms with van der Waals surface area (Å²) in [6, 6.07) is 6.81. The molecule has 1 nitrogen and oxygen atoms in total. The fourth-order valence-corrected chi connectivity index (χ4v) is 2.31. The molecule has 17 heavy (non-hydrogen) atoms. The molecule has 0 fully saturated rings. The zero-order chi connectivity index (χ0) is 12.2. The molecule has 1 aromatic rings. The Morgan fingerprint density at radius 3 is 2.65 bits per heavy atom. The van der Waals surface area contributed by atoms with Gasteiger partial charge in [-0.2, -0.15) is 8.78 Å². The van der Waals surface area contributed by atoms with Crippen molar-refractivity contribution < 1.29 is 18.0 Å². The summed E-state index contributed by atoms with van der Waals surface area (Å²) in [6.07, 6.45) is 0.926. The number of rotatable bonds is 0. The summed E-state index contributed by atoms with van der Waals surface area (Å²) in [6.45, 7) is 0. The summed E-state index contributed by atoms with van der Waals surface area (Å²) in [5.74, 6) is -6.82. The number of carbonyl (C=O) groups is 1. The van der Waals surface area contributed by atoms with Gasteiger partial charge < -0.3 is 0 Å². The van der Waals surface area contributed by atoms with Gasteiger partial charge in [0.05, 0.1) is 0 Å². The number of ketones is 1. The van der Waals surface area contributed by atoms with Crippen LogP contribution in [0.4, 0.5) is 13.2 Å². The van der Waals surface area contributed by atoms with Gasteiger partial charge in [-0.15, -0.1) is 0 Å². The van der Waals surface area contributed by atoms with Crippen molar-refractivity contribution in [3.63, 3.8) is 0 Å². The van der Waals surface area contributed by atoms with Gasteiger partial charge in [0.15, 0.2) is 5.83 Å². The van der Waals surface area contributed by atoms with Crippen LogP contribution in [-0.4, -0.2) is 11.7 Å². The molecule has 86 valence electrons. The molecule has 3 rings (SSSR count). The van der Waals surface area contributed by atoms with Crippen molar-refractivity contribution in [2.75, 3.05) is 0 Å². The Morgan fingerprint density at radius 2 is 1.88 bits per heavy atom. The zero-order valence-electron chi connectivity index (χ0n) is 8.64. The van der Waals surface area contributed by atoms with Gasteiger partial charge in [0.25, 0.3) is 5.78 Å². The predicted octanol–water partition coefficient (Wildman–Crippen LogP) is 3.07. The van der Waals surface area contributed by atoms with E-state index in [2.05, 4.69) is 0 Å². The molecule has 0 radical (unpaired) electrons. The maximum absolute atomic E-state index is 13.7. The quantitative estimate of drug-likeness (QED) is 0.676. The van der Waals surface area contributed by atoms with Crippen LogP contribution in [0.2, 0.25) is 0 Å². The minimum atomic E-state index is -3.72. The van der Waals surface area contributed by atoms with E-state index in [1.54, 1.807) is 24.3 Å². The van der Waals surface area contributed by atoms with E-state index in [0.717, 1.165) is 6.08 Å². The van der Waals surface area contributed by atoms with Crippen molar-refractivity contribution >= 4 is 11.4 Å². The van der Waals surface area contributed by atoms with E-state index in [4.69, 9.17) is 0 Å². The van der Waals surface area contributed by atoms with Gasteiger partial charge in [-0.3, -0.25) is 4.79 Å². The molecule has 0 saturated heterocycles. The summed E-state index contributed by atoms with van der Waals surface area (Å²) in [5, 5.41) is 0. The van der Waals surface area contributed by atoms with Gasteiger partial charge in [-0.25, -0.2) is 4.39 Å². The highest BCUT2D eigenvalue weighted by molar-refractivity contribution is 6.09. The Hall–Kier alpha value is -1.84. The van der Waals surface area contributed by atoms with Crippen molar-refractivity contribution in [2.24, 2.45) is 0 Å². The first-order chi connectivity index (χ1) is 8.01. The molecule has 0 aliphatic heterocycles. The largest absolute Gasteiger partial charge is 0.334 e. The smallest absolute Gasteiger partial charge is 0.284 e. The maximum Gasteiger partial charge on any atom is 0.334 e. The van der Waals surface area contributed by atoms with Crippen molar-refractivity contribution in [3.05, 3.63) is 52.9 Å². The third-order valence-corrected chi connectivity index (χ3v) is 3.15. The van der Waals surface area contributed by atoms with Gasteiger partial charge >= 0.3 is 5.92 Å². The van der Waals surface area contributed by atoms with Crippen LogP contribution < -0.4 is 0 Å². The standard InChI is InChI=1S/C13H7F3O/c14-11-6-9-8-4-2-1-3-7(8)5-10(9)13(15,16)12(11)17/h1-4,6H,5H2. The number of benzene rings is 1. The van der Waals surface area contributed by atoms with Crippen LogP contribution in [0.1, 0.15) is 11.1 Å². The molecule has 4 heteroatoms. The van der Waals surface area contributed by atoms with Crippen molar-refractivity contribution in [2.45, 2.75) is 12.3 Å². The summed E-state index contributed by atoms with van der Waals surface area (Å²) in [5.41, 5.74) is 1.16. The van der Waals surface area contributed by atoms with E-state index in [-0.39, 0.29) is 17.6 Å². The van der Waals surface area contributed by atoms with Gasteiger partial charge in [-0.1, -0.05) is 24.3 Å². The van der Waals surface area contributed by atoms with Gasteiger partial charge in [0.1, 0.15) is 0 Å². The van der Waals surface area contributed by atoms with Crippen LogP contribution in [0, 0.1) is 0 Å². The molecule has 0 atom stereocenters. The first-order valence-electron chi connectivity index (χ1n) is 5.13. The predicted molar refractivity (Wildman–Crippen MR) is 56.2 cm³/mol. The first-order valence-corrected chi connectivity index (χ1v) is 5.13. The number of fused-ring (bicyclic) bond motifs is 2. The number of carbonyl (C=O) groups excluding carboxylic acids is 1. The Kier molecular flexibility index (Phi) is 1.88. The van der Waals surface area contributed by atoms with E-state index in [0.29, 0.717) is 11.1 Å². The number of halogens is 3. The normalized spacial score (nSPS) is 21.1. The topological polar surface area (TPSA) is 17.1 Å². The monoisotopic (exact) mass is 236 g/mol. The molecule has 0 bridgehead atoms. The van der Waals surface area contributed by atoms with E-state index in [1.807, 2.05) is 0 Å². The number of allylic oxidation sites excluding steroid dienone is 4. The lowest BCUT2D eigenvalue weighted by Gasteiger charge is -2.20. The molecule has 2 aliphatic rings. The van der Waals surface area contributed by atoms with Gasteiger partial charge in [0, 0.05) is 12.0 Å². The second-order valence-electron chi connectivity index (χ2n) is 4.12. The summed E-state index contributed by atoms with van der Waals surface area (Å²) < 4.78 is 40.6. The Morgan fingerprint density at radius 1 is 1.18 bits per heavy atom. The highest BCUT2D eigenvalue weighted by Gasteiger charge is 2.50. The number of hydrogen-bond acceptors (Lipinski definition) is 1.